The molecule has 0 amide bonds. The Hall–Kier alpha value is -3.13. The van der Waals surface area contributed by atoms with Crippen molar-refractivity contribution in [2.45, 2.75) is 38.9 Å². The van der Waals surface area contributed by atoms with Crippen molar-refractivity contribution in [3.05, 3.63) is 60.4 Å². The summed E-state index contributed by atoms with van der Waals surface area (Å²) in [5, 5.41) is 11.5. The number of nitrogens with zero attached hydrogens (tertiary/aromatic N) is 4. The van der Waals surface area contributed by atoms with Gasteiger partial charge in [-0.15, -0.1) is 5.10 Å². The fourth-order valence-electron chi connectivity index (χ4n) is 3.72. The minimum absolute atomic E-state index is 0.0207. The van der Waals surface area contributed by atoms with Crippen molar-refractivity contribution in [2.75, 3.05) is 23.3 Å². The van der Waals surface area contributed by atoms with E-state index >= 15 is 0 Å². The number of rotatable bonds is 5. The quantitative estimate of drug-likeness (QED) is 0.620. The van der Waals surface area contributed by atoms with Crippen molar-refractivity contribution in [1.82, 2.24) is 15.2 Å². The van der Waals surface area contributed by atoms with E-state index in [9.17, 15) is 8.78 Å². The first kappa shape index (κ1) is 21.1. The Morgan fingerprint density at radius 3 is 2.42 bits per heavy atom. The number of halogens is 2. The summed E-state index contributed by atoms with van der Waals surface area (Å²) >= 11 is 0. The fourth-order valence-corrected chi connectivity index (χ4v) is 3.72. The molecule has 0 unspecified atom stereocenters. The van der Waals surface area contributed by atoms with Gasteiger partial charge in [0.1, 0.15) is 5.82 Å². The number of pyridine rings is 1. The van der Waals surface area contributed by atoms with Crippen LogP contribution >= 0.6 is 0 Å². The van der Waals surface area contributed by atoms with Gasteiger partial charge in [0.25, 0.3) is 5.92 Å². The van der Waals surface area contributed by atoms with Gasteiger partial charge in [-0.25, -0.2) is 13.8 Å². The van der Waals surface area contributed by atoms with Gasteiger partial charge in [-0.2, -0.15) is 5.10 Å². The number of ether oxygens (including phenoxy) is 1. The molecular weight excluding hydrogens is 400 g/mol. The van der Waals surface area contributed by atoms with Crippen LogP contribution in [0.5, 0.6) is 0 Å². The van der Waals surface area contributed by atoms with Crippen LogP contribution in [0, 0.1) is 0 Å². The van der Waals surface area contributed by atoms with Gasteiger partial charge in [0.2, 0.25) is 0 Å². The van der Waals surface area contributed by atoms with Crippen molar-refractivity contribution >= 4 is 17.3 Å². The molecule has 0 saturated carbocycles. The predicted octanol–water partition coefficient (Wildman–Crippen LogP) is 5.01. The minimum atomic E-state index is -2.86. The molecule has 6 nitrogen and oxygen atoms in total. The number of alkyl halides is 2. The van der Waals surface area contributed by atoms with Crippen molar-refractivity contribution in [3.8, 4) is 11.1 Å². The van der Waals surface area contributed by atoms with E-state index in [-0.39, 0.29) is 17.8 Å². The van der Waals surface area contributed by atoms with Gasteiger partial charge in [-0.3, -0.25) is 0 Å². The van der Waals surface area contributed by atoms with Gasteiger partial charge in [-0.05, 0) is 31.5 Å². The van der Waals surface area contributed by atoms with Crippen LogP contribution in [0.25, 0.3) is 11.1 Å². The first-order valence-corrected chi connectivity index (χ1v) is 10.2. The van der Waals surface area contributed by atoms with Crippen molar-refractivity contribution in [3.63, 3.8) is 0 Å². The number of nitrogens with one attached hydrogen (secondary N) is 1. The van der Waals surface area contributed by atoms with Gasteiger partial charge < -0.3 is 15.0 Å². The maximum Gasteiger partial charge on any atom is 0.270 e. The molecule has 2 atom stereocenters. The first-order valence-electron chi connectivity index (χ1n) is 10.2. The normalized spacial score (nSPS) is 19.3. The van der Waals surface area contributed by atoms with E-state index in [0.29, 0.717) is 5.82 Å². The maximum absolute atomic E-state index is 13.5. The lowest BCUT2D eigenvalue weighted by molar-refractivity contribution is -0.00546. The largest absolute Gasteiger partial charge is 0.372 e. The summed E-state index contributed by atoms with van der Waals surface area (Å²) in [6.07, 6.45) is 3.65. The Balaban J connectivity index is 1.52. The Bertz CT molecular complexity index is 1030. The van der Waals surface area contributed by atoms with E-state index in [1.807, 2.05) is 18.2 Å². The van der Waals surface area contributed by atoms with Gasteiger partial charge in [-0.1, -0.05) is 24.3 Å². The molecule has 1 saturated heterocycles. The highest BCUT2D eigenvalue weighted by atomic mass is 19.3. The lowest BCUT2D eigenvalue weighted by Crippen LogP contribution is -2.45. The molecule has 4 rings (SSSR count). The topological polar surface area (TPSA) is 63.2 Å². The minimum Gasteiger partial charge on any atom is -0.372 e. The molecule has 1 aliphatic heterocycles. The Kier molecular flexibility index (Phi) is 5.82. The Labute approximate surface area is 180 Å². The summed E-state index contributed by atoms with van der Waals surface area (Å²) < 4.78 is 32.7. The summed E-state index contributed by atoms with van der Waals surface area (Å²) in [4.78, 5) is 6.71. The molecule has 1 N–H and O–H groups in total. The van der Waals surface area contributed by atoms with E-state index < -0.39 is 5.92 Å². The highest BCUT2D eigenvalue weighted by Gasteiger charge is 2.24. The highest BCUT2D eigenvalue weighted by molar-refractivity contribution is 5.68. The van der Waals surface area contributed by atoms with Crippen LogP contribution in [-0.2, 0) is 10.7 Å². The number of benzene rings is 1. The average molecular weight is 425 g/mol. The van der Waals surface area contributed by atoms with Crippen molar-refractivity contribution < 1.29 is 13.5 Å². The predicted molar refractivity (Wildman–Crippen MR) is 117 cm³/mol. The second kappa shape index (κ2) is 8.55. The van der Waals surface area contributed by atoms with Gasteiger partial charge in [0.15, 0.2) is 5.82 Å². The van der Waals surface area contributed by atoms with Crippen LogP contribution in [0.4, 0.5) is 26.1 Å². The van der Waals surface area contributed by atoms with Crippen LogP contribution in [-0.4, -0.2) is 40.5 Å². The fraction of sp³-hybridized carbons (Fsp3) is 0.348. The lowest BCUT2D eigenvalue weighted by Gasteiger charge is -2.36. The number of hydrogen-bond donors (Lipinski definition) is 1. The molecule has 1 aromatic carbocycles. The molecule has 0 bridgehead atoms. The standard InChI is InChI=1S/C23H25F2N5O/c1-15-13-30(14-16(2)31-15)22-11-20(8-9-26-22)28-21-10-18(12-27-29-21)17-4-6-19(7-5-17)23(3,24)25/h4-12,15-16H,13-14H2,1-3H3,(H,26,28,29)/t15-,16+. The van der Waals surface area contributed by atoms with Gasteiger partial charge in [0.05, 0.1) is 18.4 Å². The molecule has 3 heterocycles. The average Bonchev–Trinajstić information content (AvgIpc) is 2.73. The molecular formula is C23H25F2N5O. The van der Waals surface area contributed by atoms with Gasteiger partial charge >= 0.3 is 0 Å². The van der Waals surface area contributed by atoms with Crippen LogP contribution in [0.2, 0.25) is 0 Å². The second-order valence-electron chi connectivity index (χ2n) is 7.99. The second-order valence-corrected chi connectivity index (χ2v) is 7.99. The highest BCUT2D eigenvalue weighted by Crippen LogP contribution is 2.30. The van der Waals surface area contributed by atoms with Crippen LogP contribution in [0.3, 0.4) is 0 Å². The maximum atomic E-state index is 13.5. The molecule has 3 aromatic rings. The zero-order chi connectivity index (χ0) is 22.0. The number of anilines is 3. The smallest absolute Gasteiger partial charge is 0.270 e. The molecule has 1 fully saturated rings. The van der Waals surface area contributed by atoms with E-state index in [4.69, 9.17) is 4.74 Å². The molecule has 31 heavy (non-hydrogen) atoms. The third-order valence-corrected chi connectivity index (χ3v) is 5.14. The van der Waals surface area contributed by atoms with Crippen LogP contribution in [0.1, 0.15) is 26.3 Å². The summed E-state index contributed by atoms with van der Waals surface area (Å²) in [5.74, 6) is -1.44. The third kappa shape index (κ3) is 5.14. The molecule has 8 heteroatoms. The summed E-state index contributed by atoms with van der Waals surface area (Å²) in [6.45, 7) is 6.56. The Morgan fingerprint density at radius 2 is 1.74 bits per heavy atom. The summed E-state index contributed by atoms with van der Waals surface area (Å²) in [7, 11) is 0. The van der Waals surface area contributed by atoms with Crippen molar-refractivity contribution in [2.24, 2.45) is 0 Å². The molecule has 0 aliphatic carbocycles. The third-order valence-electron chi connectivity index (χ3n) is 5.14. The monoisotopic (exact) mass is 425 g/mol. The van der Waals surface area contributed by atoms with E-state index in [0.717, 1.165) is 42.6 Å². The lowest BCUT2D eigenvalue weighted by atomic mass is 10.0. The molecule has 0 spiro atoms. The zero-order valence-electron chi connectivity index (χ0n) is 17.7. The molecule has 2 aromatic heterocycles. The molecule has 1 aliphatic rings. The number of morpholine rings is 1. The SMILES string of the molecule is C[C@@H]1CN(c2cc(Nc3cc(-c4ccc(C(C)(F)F)cc4)cnn3)ccn2)C[C@H](C)O1. The Morgan fingerprint density at radius 1 is 1.03 bits per heavy atom. The summed E-state index contributed by atoms with van der Waals surface area (Å²) in [6, 6.07) is 11.9. The first-order chi connectivity index (χ1) is 14.8. The number of hydrogen-bond acceptors (Lipinski definition) is 6. The van der Waals surface area contributed by atoms with E-state index in [1.165, 1.54) is 12.1 Å². The molecule has 0 radical (unpaired) electrons. The number of aromatic nitrogens is 3. The van der Waals surface area contributed by atoms with E-state index in [2.05, 4.69) is 39.2 Å². The van der Waals surface area contributed by atoms with Crippen LogP contribution in [0.15, 0.2) is 54.9 Å². The molecule has 162 valence electrons. The van der Waals surface area contributed by atoms with Crippen molar-refractivity contribution in [1.29, 1.82) is 0 Å². The van der Waals surface area contributed by atoms with Gasteiger partial charge in [0, 0.05) is 49.1 Å². The van der Waals surface area contributed by atoms with Crippen LogP contribution < -0.4 is 10.2 Å². The summed E-state index contributed by atoms with van der Waals surface area (Å²) in [5.41, 5.74) is 2.39. The zero-order valence-corrected chi connectivity index (χ0v) is 17.7. The van der Waals surface area contributed by atoms with E-state index in [1.54, 1.807) is 24.5 Å².